The number of carbonyl (C=O) groups is 2. The maximum Gasteiger partial charge on any atom is 0.494 e. The minimum atomic E-state index is -0.618. The van der Waals surface area contributed by atoms with Crippen LogP contribution in [-0.4, -0.2) is 85.7 Å². The van der Waals surface area contributed by atoms with Gasteiger partial charge in [-0.3, -0.25) is 9.69 Å². The molecule has 2 fully saturated rings. The van der Waals surface area contributed by atoms with Gasteiger partial charge in [-0.15, -0.1) is 0 Å². The molecule has 3 heterocycles. The summed E-state index contributed by atoms with van der Waals surface area (Å²) in [6.45, 7) is 16.0. The summed E-state index contributed by atoms with van der Waals surface area (Å²) in [4.78, 5) is 29.5. The van der Waals surface area contributed by atoms with E-state index in [1.54, 1.807) is 4.90 Å². The van der Waals surface area contributed by atoms with Crippen molar-refractivity contribution in [2.45, 2.75) is 84.3 Å². The number of amides is 2. The Hall–Kier alpha value is -2.14. The molecule has 0 aliphatic carbocycles. The van der Waals surface area contributed by atoms with E-state index in [1.165, 1.54) is 7.11 Å². The Balaban J connectivity index is 1.76. The molecule has 0 saturated carbocycles. The average molecular weight is 516 g/mol. The van der Waals surface area contributed by atoms with Gasteiger partial charge in [-0.2, -0.15) is 0 Å². The largest absolute Gasteiger partial charge is 0.494 e. The van der Waals surface area contributed by atoms with Crippen LogP contribution in [0.1, 0.15) is 71.2 Å². The zero-order valence-corrected chi connectivity index (χ0v) is 23.5. The van der Waals surface area contributed by atoms with Gasteiger partial charge in [-0.05, 0) is 77.0 Å². The lowest BCUT2D eigenvalue weighted by molar-refractivity contribution is -0.136. The Morgan fingerprint density at radius 1 is 1.11 bits per heavy atom. The van der Waals surface area contributed by atoms with Crippen molar-refractivity contribution >= 4 is 24.6 Å². The molecule has 4 rings (SSSR count). The molecule has 1 unspecified atom stereocenters. The fourth-order valence-electron chi connectivity index (χ4n) is 4.96. The highest BCUT2D eigenvalue weighted by Crippen LogP contribution is 2.38. The summed E-state index contributed by atoms with van der Waals surface area (Å²) in [5.41, 5.74) is 2.41. The standard InChI is InChI=1S/C27H41BN2O7/c1-25(2,3)35-24(32)30-11-12-34-16-22(30)20-14-19(28-36-26(4,5)27(6,7)37-28)13-18-9-10-29(15-21(18)20)23(31)17-33-8/h13-14,22H,9-12,15-17H2,1-8H3. The third kappa shape index (κ3) is 5.82. The highest BCUT2D eigenvalue weighted by Gasteiger charge is 2.52. The molecule has 10 heteroatoms. The van der Waals surface area contributed by atoms with Crippen molar-refractivity contribution in [1.29, 1.82) is 0 Å². The van der Waals surface area contributed by atoms with E-state index in [9.17, 15) is 9.59 Å². The molecule has 3 aliphatic heterocycles. The molecule has 9 nitrogen and oxygen atoms in total. The lowest BCUT2D eigenvalue weighted by atomic mass is 9.74. The number of hydrogen-bond acceptors (Lipinski definition) is 7. The van der Waals surface area contributed by atoms with Crippen molar-refractivity contribution < 1.29 is 33.1 Å². The van der Waals surface area contributed by atoms with Gasteiger partial charge in [-0.25, -0.2) is 4.79 Å². The molecule has 2 saturated heterocycles. The first-order chi connectivity index (χ1) is 17.2. The summed E-state index contributed by atoms with van der Waals surface area (Å²) < 4.78 is 29.5. The van der Waals surface area contributed by atoms with E-state index in [2.05, 4.69) is 12.1 Å². The molecular weight excluding hydrogens is 475 g/mol. The van der Waals surface area contributed by atoms with Crippen LogP contribution in [0, 0.1) is 0 Å². The van der Waals surface area contributed by atoms with Gasteiger partial charge in [0.2, 0.25) is 5.91 Å². The fraction of sp³-hybridized carbons (Fsp3) is 0.704. The van der Waals surface area contributed by atoms with Crippen LogP contribution in [0.25, 0.3) is 0 Å². The predicted molar refractivity (Wildman–Crippen MR) is 140 cm³/mol. The first-order valence-corrected chi connectivity index (χ1v) is 13.1. The summed E-state index contributed by atoms with van der Waals surface area (Å²) in [7, 11) is 0.984. The third-order valence-corrected chi connectivity index (χ3v) is 7.66. The SMILES string of the molecule is COCC(=O)N1CCc2cc(B3OC(C)(C)C(C)(C)O3)cc(C3COCCN3C(=O)OC(C)(C)C)c2C1. The van der Waals surface area contributed by atoms with Crippen molar-refractivity contribution in [1.82, 2.24) is 9.80 Å². The highest BCUT2D eigenvalue weighted by molar-refractivity contribution is 6.62. The molecule has 37 heavy (non-hydrogen) atoms. The van der Waals surface area contributed by atoms with E-state index in [1.807, 2.05) is 53.4 Å². The van der Waals surface area contributed by atoms with Crippen molar-refractivity contribution in [3.05, 3.63) is 28.8 Å². The molecule has 1 aromatic rings. The zero-order chi connectivity index (χ0) is 27.2. The topological polar surface area (TPSA) is 86.8 Å². The van der Waals surface area contributed by atoms with Gasteiger partial charge in [0.15, 0.2) is 0 Å². The van der Waals surface area contributed by atoms with Crippen LogP contribution in [0.4, 0.5) is 4.79 Å². The smallest absolute Gasteiger partial charge is 0.444 e. The maximum atomic E-state index is 13.3. The van der Waals surface area contributed by atoms with E-state index >= 15 is 0 Å². The summed E-state index contributed by atoms with van der Waals surface area (Å²) >= 11 is 0. The lowest BCUT2D eigenvalue weighted by Crippen LogP contribution is -2.47. The Morgan fingerprint density at radius 3 is 2.41 bits per heavy atom. The Kier molecular flexibility index (Phi) is 7.69. The zero-order valence-electron chi connectivity index (χ0n) is 23.5. The number of nitrogens with zero attached hydrogens (tertiary/aromatic N) is 2. The van der Waals surface area contributed by atoms with Crippen LogP contribution < -0.4 is 5.46 Å². The average Bonchev–Trinajstić information content (AvgIpc) is 3.03. The first-order valence-electron chi connectivity index (χ1n) is 13.1. The van der Waals surface area contributed by atoms with Gasteiger partial charge in [0, 0.05) is 26.7 Å². The van der Waals surface area contributed by atoms with Crippen LogP contribution >= 0.6 is 0 Å². The number of ether oxygens (including phenoxy) is 3. The van der Waals surface area contributed by atoms with Crippen LogP contribution in [0.5, 0.6) is 0 Å². The van der Waals surface area contributed by atoms with Gasteiger partial charge in [0.25, 0.3) is 0 Å². The van der Waals surface area contributed by atoms with Gasteiger partial charge in [0.1, 0.15) is 12.2 Å². The van der Waals surface area contributed by atoms with Gasteiger partial charge >= 0.3 is 13.2 Å². The van der Waals surface area contributed by atoms with Crippen LogP contribution in [0.3, 0.4) is 0 Å². The van der Waals surface area contributed by atoms with Gasteiger partial charge in [0.05, 0.1) is 30.5 Å². The number of fused-ring (bicyclic) bond motifs is 1. The minimum absolute atomic E-state index is 0.0350. The van der Waals surface area contributed by atoms with Crippen molar-refractivity contribution in [2.24, 2.45) is 0 Å². The summed E-state index contributed by atoms with van der Waals surface area (Å²) in [6.07, 6.45) is 0.309. The molecule has 0 N–H and O–H groups in total. The molecular formula is C27H41BN2O7. The molecule has 0 spiro atoms. The predicted octanol–water partition coefficient (Wildman–Crippen LogP) is 2.83. The Morgan fingerprint density at radius 2 is 1.78 bits per heavy atom. The van der Waals surface area contributed by atoms with Crippen molar-refractivity contribution in [3.8, 4) is 0 Å². The molecule has 1 aromatic carbocycles. The quantitative estimate of drug-likeness (QED) is 0.569. The number of morpholine rings is 1. The van der Waals surface area contributed by atoms with Crippen molar-refractivity contribution in [2.75, 3.05) is 40.0 Å². The number of hydrogen-bond donors (Lipinski definition) is 0. The number of benzene rings is 1. The lowest BCUT2D eigenvalue weighted by Gasteiger charge is -2.39. The molecule has 3 aliphatic rings. The van der Waals surface area contributed by atoms with E-state index < -0.39 is 23.9 Å². The van der Waals surface area contributed by atoms with E-state index in [0.717, 1.165) is 22.2 Å². The second-order valence-electron chi connectivity index (χ2n) is 12.1. The third-order valence-electron chi connectivity index (χ3n) is 7.66. The molecule has 204 valence electrons. The summed E-state index contributed by atoms with van der Waals surface area (Å²) in [5.74, 6) is -0.0574. The second kappa shape index (κ2) is 10.2. The summed E-state index contributed by atoms with van der Waals surface area (Å²) in [5, 5.41) is 0. The van der Waals surface area contributed by atoms with E-state index in [0.29, 0.717) is 39.3 Å². The molecule has 2 amide bonds. The normalized spacial score (nSPS) is 23.1. The van der Waals surface area contributed by atoms with Crippen LogP contribution in [0.2, 0.25) is 0 Å². The van der Waals surface area contributed by atoms with Crippen molar-refractivity contribution in [3.63, 3.8) is 0 Å². The molecule has 0 aromatic heterocycles. The fourth-order valence-corrected chi connectivity index (χ4v) is 4.96. The van der Waals surface area contributed by atoms with Crippen LogP contribution in [0.15, 0.2) is 12.1 Å². The van der Waals surface area contributed by atoms with E-state index in [-0.39, 0.29) is 24.6 Å². The summed E-state index contributed by atoms with van der Waals surface area (Å²) in [6, 6.07) is 3.82. The van der Waals surface area contributed by atoms with Crippen LogP contribution in [-0.2, 0) is 41.3 Å². The number of rotatable bonds is 4. The van der Waals surface area contributed by atoms with E-state index in [4.69, 9.17) is 23.5 Å². The highest BCUT2D eigenvalue weighted by atomic mass is 16.7. The molecule has 0 bridgehead atoms. The second-order valence-corrected chi connectivity index (χ2v) is 12.1. The minimum Gasteiger partial charge on any atom is -0.444 e. The number of methoxy groups -OCH3 is 1. The Bertz CT molecular complexity index is 1020. The van der Waals surface area contributed by atoms with Gasteiger partial charge < -0.3 is 28.4 Å². The molecule has 0 radical (unpaired) electrons. The maximum absolute atomic E-state index is 13.3. The number of carbonyl (C=O) groups excluding carboxylic acids is 2. The molecule has 1 atom stereocenters. The Labute approximate surface area is 220 Å². The first kappa shape index (κ1) is 27.9. The monoisotopic (exact) mass is 516 g/mol. The van der Waals surface area contributed by atoms with Gasteiger partial charge in [-0.1, -0.05) is 12.1 Å².